The summed E-state index contributed by atoms with van der Waals surface area (Å²) in [5.41, 5.74) is 0.965. The van der Waals surface area contributed by atoms with Crippen LogP contribution in [0.25, 0.3) is 16.8 Å². The lowest BCUT2D eigenvalue weighted by Crippen LogP contribution is -2.06. The summed E-state index contributed by atoms with van der Waals surface area (Å²) in [6.45, 7) is 1.70. The van der Waals surface area contributed by atoms with Crippen molar-refractivity contribution in [1.82, 2.24) is 10.2 Å². The Kier molecular flexibility index (Phi) is 4.45. The Morgan fingerprint density at radius 3 is 3.00 bits per heavy atom. The highest BCUT2D eigenvalue weighted by molar-refractivity contribution is 7.13. The molecule has 3 heterocycles. The maximum Gasteiger partial charge on any atom is 0.331 e. The molecule has 0 aliphatic heterocycles. The first-order valence-electron chi connectivity index (χ1n) is 6.50. The Balaban J connectivity index is 1.62. The highest BCUT2D eigenvalue weighted by Crippen LogP contribution is 2.25. The van der Waals surface area contributed by atoms with Crippen LogP contribution in [0, 0.1) is 0 Å². The maximum absolute atomic E-state index is 11.8. The highest BCUT2D eigenvalue weighted by atomic mass is 32.1. The molecule has 0 N–H and O–H groups in total. The average Bonchev–Trinajstić information content (AvgIpc) is 3.25. The lowest BCUT2D eigenvalue weighted by atomic mass is 10.3. The molecule has 0 saturated heterocycles. The van der Waals surface area contributed by atoms with E-state index in [0.717, 1.165) is 10.4 Å². The van der Waals surface area contributed by atoms with E-state index in [1.807, 2.05) is 34.3 Å². The second-order valence-electron chi connectivity index (χ2n) is 4.39. The summed E-state index contributed by atoms with van der Waals surface area (Å²) in [5, 5.41) is 13.7. The molecule has 1 atom stereocenters. The molecule has 0 aliphatic rings. The van der Waals surface area contributed by atoms with E-state index in [9.17, 15) is 4.79 Å². The van der Waals surface area contributed by atoms with E-state index in [2.05, 4.69) is 10.2 Å². The molecule has 0 fully saturated rings. The van der Waals surface area contributed by atoms with Gasteiger partial charge in [0, 0.05) is 6.08 Å². The number of thiophene rings is 2. The van der Waals surface area contributed by atoms with Crippen molar-refractivity contribution in [2.24, 2.45) is 0 Å². The zero-order valence-corrected chi connectivity index (χ0v) is 13.3. The van der Waals surface area contributed by atoms with Crippen LogP contribution in [-0.2, 0) is 9.53 Å². The number of nitrogens with zero attached hydrogens (tertiary/aromatic N) is 2. The minimum atomic E-state index is -0.596. The molecule has 3 aromatic heterocycles. The Hall–Kier alpha value is -2.25. The zero-order chi connectivity index (χ0) is 15.4. The van der Waals surface area contributed by atoms with E-state index in [4.69, 9.17) is 9.15 Å². The molecule has 0 amide bonds. The number of carbonyl (C=O) groups is 1. The second-order valence-corrected chi connectivity index (χ2v) is 6.12. The van der Waals surface area contributed by atoms with E-state index in [-0.39, 0.29) is 5.89 Å². The summed E-state index contributed by atoms with van der Waals surface area (Å²) in [6, 6.07) is 5.72. The summed E-state index contributed by atoms with van der Waals surface area (Å²) in [5.74, 6) is 0.261. The molecule has 112 valence electrons. The van der Waals surface area contributed by atoms with Gasteiger partial charge in [-0.3, -0.25) is 0 Å². The summed E-state index contributed by atoms with van der Waals surface area (Å²) < 4.78 is 10.8. The smallest absolute Gasteiger partial charge is 0.331 e. The van der Waals surface area contributed by atoms with E-state index >= 15 is 0 Å². The van der Waals surface area contributed by atoms with E-state index < -0.39 is 12.1 Å². The largest absolute Gasteiger partial charge is 0.449 e. The third-order valence-electron chi connectivity index (χ3n) is 2.77. The number of hydrogen-bond donors (Lipinski definition) is 0. The first kappa shape index (κ1) is 14.7. The minimum Gasteiger partial charge on any atom is -0.449 e. The fourth-order valence-corrected chi connectivity index (χ4v) is 2.97. The van der Waals surface area contributed by atoms with Crippen LogP contribution in [0.3, 0.4) is 0 Å². The topological polar surface area (TPSA) is 65.2 Å². The summed E-state index contributed by atoms with van der Waals surface area (Å²) in [4.78, 5) is 12.6. The van der Waals surface area contributed by atoms with Crippen molar-refractivity contribution in [3.05, 3.63) is 51.9 Å². The van der Waals surface area contributed by atoms with Crippen LogP contribution < -0.4 is 0 Å². The normalized spacial score (nSPS) is 12.6. The van der Waals surface area contributed by atoms with Crippen LogP contribution in [0.1, 0.15) is 24.5 Å². The van der Waals surface area contributed by atoms with Gasteiger partial charge in [-0.1, -0.05) is 6.07 Å². The molecule has 22 heavy (non-hydrogen) atoms. The van der Waals surface area contributed by atoms with Gasteiger partial charge in [0.25, 0.3) is 11.8 Å². The van der Waals surface area contributed by atoms with Crippen LogP contribution in [0.15, 0.2) is 44.8 Å². The monoisotopic (exact) mass is 332 g/mol. The fraction of sp³-hybridized carbons (Fsp3) is 0.133. The zero-order valence-electron chi connectivity index (χ0n) is 11.6. The maximum atomic E-state index is 11.8. The van der Waals surface area contributed by atoms with Crippen LogP contribution in [0.4, 0.5) is 0 Å². The lowest BCUT2D eigenvalue weighted by Gasteiger charge is -2.06. The molecule has 3 aromatic rings. The van der Waals surface area contributed by atoms with Gasteiger partial charge >= 0.3 is 5.97 Å². The number of aromatic nitrogens is 2. The summed E-state index contributed by atoms with van der Waals surface area (Å²) >= 11 is 3.08. The van der Waals surface area contributed by atoms with Gasteiger partial charge in [-0.2, -0.15) is 11.3 Å². The SMILES string of the molecule is C[C@H](OC(=O)/C=C/c1ccsc1)c1nnc(-c2cccs2)o1. The van der Waals surface area contributed by atoms with Crippen molar-refractivity contribution in [3.8, 4) is 10.8 Å². The van der Waals surface area contributed by atoms with Gasteiger partial charge in [-0.25, -0.2) is 4.79 Å². The third kappa shape index (κ3) is 3.49. The van der Waals surface area contributed by atoms with Gasteiger partial charge in [-0.05, 0) is 46.8 Å². The molecular weight excluding hydrogens is 320 g/mol. The number of esters is 1. The molecular formula is C15H12N2O3S2. The van der Waals surface area contributed by atoms with Crippen molar-refractivity contribution in [1.29, 1.82) is 0 Å². The van der Waals surface area contributed by atoms with Crippen molar-refractivity contribution >= 4 is 34.7 Å². The van der Waals surface area contributed by atoms with Crippen molar-refractivity contribution in [2.45, 2.75) is 13.0 Å². The number of hydrogen-bond acceptors (Lipinski definition) is 7. The van der Waals surface area contributed by atoms with E-state index in [0.29, 0.717) is 5.89 Å². The van der Waals surface area contributed by atoms with E-state index in [1.165, 1.54) is 17.4 Å². The number of carbonyl (C=O) groups excluding carboxylic acids is 1. The number of ether oxygens (including phenoxy) is 1. The summed E-state index contributed by atoms with van der Waals surface area (Å²) in [6.07, 6.45) is 2.49. The predicted octanol–water partition coefficient (Wildman–Crippen LogP) is 4.18. The van der Waals surface area contributed by atoms with Gasteiger partial charge in [-0.15, -0.1) is 21.5 Å². The summed E-state index contributed by atoms with van der Waals surface area (Å²) in [7, 11) is 0. The van der Waals surface area contributed by atoms with Crippen LogP contribution in [0.5, 0.6) is 0 Å². The van der Waals surface area contributed by atoms with Gasteiger partial charge in [0.05, 0.1) is 4.88 Å². The third-order valence-corrected chi connectivity index (χ3v) is 4.33. The Morgan fingerprint density at radius 2 is 2.27 bits per heavy atom. The lowest BCUT2D eigenvalue weighted by molar-refractivity contribution is -0.143. The first-order valence-corrected chi connectivity index (χ1v) is 8.33. The molecule has 5 nitrogen and oxygen atoms in total. The van der Waals surface area contributed by atoms with Crippen molar-refractivity contribution in [3.63, 3.8) is 0 Å². The molecule has 0 saturated carbocycles. The minimum absolute atomic E-state index is 0.278. The fourth-order valence-electron chi connectivity index (χ4n) is 1.70. The molecule has 0 aliphatic carbocycles. The number of rotatable bonds is 5. The Bertz CT molecular complexity index is 761. The van der Waals surface area contributed by atoms with Gasteiger partial charge in [0.2, 0.25) is 0 Å². The molecule has 0 radical (unpaired) electrons. The predicted molar refractivity (Wildman–Crippen MR) is 85.5 cm³/mol. The highest BCUT2D eigenvalue weighted by Gasteiger charge is 2.18. The quantitative estimate of drug-likeness (QED) is 0.518. The standard InChI is InChI=1S/C15H12N2O3S2/c1-10(19-13(18)5-4-11-6-8-21-9-11)14-16-17-15(20-14)12-3-2-7-22-12/h2-10H,1H3/b5-4+/t10-/m0/s1. The second kappa shape index (κ2) is 6.67. The van der Waals surface area contributed by atoms with Crippen molar-refractivity contribution in [2.75, 3.05) is 0 Å². The van der Waals surface area contributed by atoms with E-state index in [1.54, 1.807) is 24.3 Å². The average molecular weight is 332 g/mol. The van der Waals surface area contributed by atoms with Crippen LogP contribution in [0.2, 0.25) is 0 Å². The Morgan fingerprint density at radius 1 is 1.36 bits per heavy atom. The van der Waals surface area contributed by atoms with Crippen LogP contribution >= 0.6 is 22.7 Å². The molecule has 0 aromatic carbocycles. The molecule has 0 bridgehead atoms. The van der Waals surface area contributed by atoms with Crippen LogP contribution in [-0.4, -0.2) is 16.2 Å². The Labute approximate surface area is 134 Å². The first-order chi connectivity index (χ1) is 10.7. The molecule has 0 unspecified atom stereocenters. The molecule has 3 rings (SSSR count). The van der Waals surface area contributed by atoms with Gasteiger partial charge in [0.15, 0.2) is 6.10 Å². The molecule has 7 heteroatoms. The molecule has 0 spiro atoms. The van der Waals surface area contributed by atoms with Crippen molar-refractivity contribution < 1.29 is 13.9 Å². The van der Waals surface area contributed by atoms with Gasteiger partial charge < -0.3 is 9.15 Å². The van der Waals surface area contributed by atoms with Gasteiger partial charge in [0.1, 0.15) is 0 Å².